The van der Waals surface area contributed by atoms with Gasteiger partial charge in [0.2, 0.25) is 5.96 Å². The second-order valence-corrected chi connectivity index (χ2v) is 2.89. The minimum atomic E-state index is -0.0238. The van der Waals surface area contributed by atoms with Crippen LogP contribution in [0.25, 0.3) is 0 Å². The lowest BCUT2D eigenvalue weighted by molar-refractivity contribution is 0.387. The molecule has 0 radical (unpaired) electrons. The number of nitrogens with zero attached hydrogens (tertiary/aromatic N) is 1. The standard InChI is InChI=1S/C6H16N4/c1-4-6(2,3)10-9-5(7)8/h10H,4H2,1-3H3,(H4,7,8,9). The summed E-state index contributed by atoms with van der Waals surface area (Å²) in [4.78, 5) is 0. The average molecular weight is 144 g/mol. The molecule has 0 aromatic carbocycles. The van der Waals surface area contributed by atoms with E-state index in [0.29, 0.717) is 0 Å². The van der Waals surface area contributed by atoms with Crippen LogP contribution in [-0.4, -0.2) is 11.5 Å². The van der Waals surface area contributed by atoms with Crippen LogP contribution >= 0.6 is 0 Å². The van der Waals surface area contributed by atoms with E-state index in [4.69, 9.17) is 11.5 Å². The molecule has 0 aliphatic heterocycles. The van der Waals surface area contributed by atoms with Gasteiger partial charge in [0.15, 0.2) is 0 Å². The summed E-state index contributed by atoms with van der Waals surface area (Å²) in [6.45, 7) is 6.12. The lowest BCUT2D eigenvalue weighted by Gasteiger charge is -2.21. The van der Waals surface area contributed by atoms with Crippen molar-refractivity contribution in [1.82, 2.24) is 5.43 Å². The van der Waals surface area contributed by atoms with Crippen molar-refractivity contribution in [2.24, 2.45) is 16.6 Å². The Balaban J connectivity index is 3.78. The third-order valence-corrected chi connectivity index (χ3v) is 1.37. The zero-order valence-corrected chi connectivity index (χ0v) is 6.81. The molecule has 0 saturated heterocycles. The minimum absolute atomic E-state index is 0.0238. The van der Waals surface area contributed by atoms with Crippen LogP contribution in [0, 0.1) is 0 Å². The molecule has 0 heterocycles. The van der Waals surface area contributed by atoms with Gasteiger partial charge in [0.05, 0.1) is 0 Å². The van der Waals surface area contributed by atoms with E-state index in [1.807, 2.05) is 13.8 Å². The van der Waals surface area contributed by atoms with Crippen LogP contribution in [0.1, 0.15) is 27.2 Å². The molecule has 4 nitrogen and oxygen atoms in total. The first-order chi connectivity index (χ1) is 4.48. The number of hydrogen-bond acceptors (Lipinski definition) is 2. The molecule has 4 heteroatoms. The van der Waals surface area contributed by atoms with Gasteiger partial charge in [-0.3, -0.25) is 0 Å². The number of hydrogen-bond donors (Lipinski definition) is 3. The largest absolute Gasteiger partial charge is 0.369 e. The van der Waals surface area contributed by atoms with Gasteiger partial charge in [-0.05, 0) is 20.3 Å². The summed E-state index contributed by atoms with van der Waals surface area (Å²) in [6.07, 6.45) is 0.976. The van der Waals surface area contributed by atoms with Crippen molar-refractivity contribution in [2.45, 2.75) is 32.7 Å². The van der Waals surface area contributed by atoms with Crippen molar-refractivity contribution >= 4 is 5.96 Å². The summed E-state index contributed by atoms with van der Waals surface area (Å²) in [5.41, 5.74) is 13.1. The molecule has 0 aliphatic rings. The van der Waals surface area contributed by atoms with Crippen molar-refractivity contribution in [3.05, 3.63) is 0 Å². The van der Waals surface area contributed by atoms with Gasteiger partial charge in [-0.1, -0.05) is 6.92 Å². The quantitative estimate of drug-likeness (QED) is 0.295. The summed E-state index contributed by atoms with van der Waals surface area (Å²) in [7, 11) is 0. The van der Waals surface area contributed by atoms with Crippen molar-refractivity contribution < 1.29 is 0 Å². The molecule has 0 bridgehead atoms. The maximum absolute atomic E-state index is 5.12. The molecule has 0 aromatic heterocycles. The predicted molar refractivity (Wildman–Crippen MR) is 43.3 cm³/mol. The summed E-state index contributed by atoms with van der Waals surface area (Å²) < 4.78 is 0. The number of nitrogens with two attached hydrogens (primary N) is 2. The minimum Gasteiger partial charge on any atom is -0.369 e. The fourth-order valence-electron chi connectivity index (χ4n) is 0.295. The van der Waals surface area contributed by atoms with Crippen LogP contribution in [0.5, 0.6) is 0 Å². The van der Waals surface area contributed by atoms with E-state index in [-0.39, 0.29) is 11.5 Å². The lowest BCUT2D eigenvalue weighted by atomic mass is 10.0. The maximum Gasteiger partial charge on any atom is 0.208 e. The second-order valence-electron chi connectivity index (χ2n) is 2.89. The van der Waals surface area contributed by atoms with Crippen LogP contribution < -0.4 is 16.9 Å². The molecule has 60 valence electrons. The Morgan fingerprint density at radius 3 is 2.30 bits per heavy atom. The van der Waals surface area contributed by atoms with Crippen LogP contribution in [0.15, 0.2) is 5.10 Å². The molecule has 0 amide bonds. The summed E-state index contributed by atoms with van der Waals surface area (Å²) >= 11 is 0. The third-order valence-electron chi connectivity index (χ3n) is 1.37. The zero-order valence-electron chi connectivity index (χ0n) is 6.81. The molecule has 0 aromatic rings. The topological polar surface area (TPSA) is 76.4 Å². The SMILES string of the molecule is CCC(C)(C)NN=C(N)N. The molecular formula is C6H16N4. The monoisotopic (exact) mass is 144 g/mol. The molecule has 0 aliphatic carbocycles. The molecule has 0 saturated carbocycles. The van der Waals surface area contributed by atoms with E-state index >= 15 is 0 Å². The number of rotatable bonds is 3. The van der Waals surface area contributed by atoms with Gasteiger partial charge < -0.3 is 16.9 Å². The number of nitrogens with one attached hydrogen (secondary N) is 1. The highest BCUT2D eigenvalue weighted by Gasteiger charge is 2.12. The van der Waals surface area contributed by atoms with Crippen LogP contribution in [-0.2, 0) is 0 Å². The van der Waals surface area contributed by atoms with E-state index in [1.54, 1.807) is 0 Å². The van der Waals surface area contributed by atoms with Gasteiger partial charge >= 0.3 is 0 Å². The van der Waals surface area contributed by atoms with E-state index < -0.39 is 0 Å². The predicted octanol–water partition coefficient (Wildman–Crippen LogP) is -0.0470. The highest BCUT2D eigenvalue weighted by molar-refractivity contribution is 5.75. The van der Waals surface area contributed by atoms with Gasteiger partial charge in [0.25, 0.3) is 0 Å². The first-order valence-electron chi connectivity index (χ1n) is 3.34. The molecule has 0 unspecified atom stereocenters. The van der Waals surface area contributed by atoms with E-state index in [2.05, 4.69) is 17.5 Å². The van der Waals surface area contributed by atoms with Gasteiger partial charge in [-0.2, -0.15) is 0 Å². The summed E-state index contributed by atoms with van der Waals surface area (Å²) in [6, 6.07) is 0. The first-order valence-corrected chi connectivity index (χ1v) is 3.34. The van der Waals surface area contributed by atoms with Crippen molar-refractivity contribution in [1.29, 1.82) is 0 Å². The van der Waals surface area contributed by atoms with Crippen molar-refractivity contribution in [3.8, 4) is 0 Å². The average Bonchev–Trinajstić information content (AvgIpc) is 1.85. The first kappa shape index (κ1) is 9.07. The summed E-state index contributed by atoms with van der Waals surface area (Å²) in [5, 5.41) is 3.69. The molecule has 0 atom stereocenters. The molecule has 0 rings (SSSR count). The Morgan fingerprint density at radius 1 is 1.50 bits per heavy atom. The third kappa shape index (κ3) is 4.00. The van der Waals surface area contributed by atoms with Crippen molar-refractivity contribution in [2.75, 3.05) is 0 Å². The fourth-order valence-corrected chi connectivity index (χ4v) is 0.295. The van der Waals surface area contributed by atoms with E-state index in [9.17, 15) is 0 Å². The van der Waals surface area contributed by atoms with Crippen molar-refractivity contribution in [3.63, 3.8) is 0 Å². The highest BCUT2D eigenvalue weighted by atomic mass is 15.4. The van der Waals surface area contributed by atoms with Gasteiger partial charge in [-0.25, -0.2) is 0 Å². The molecule has 10 heavy (non-hydrogen) atoms. The normalized spacial score (nSPS) is 10.7. The van der Waals surface area contributed by atoms with Crippen LogP contribution in [0.2, 0.25) is 0 Å². The molecule has 0 fully saturated rings. The van der Waals surface area contributed by atoms with Crippen LogP contribution in [0.4, 0.5) is 0 Å². The molecular weight excluding hydrogens is 128 g/mol. The maximum atomic E-state index is 5.12. The molecule has 5 N–H and O–H groups in total. The second kappa shape index (κ2) is 3.29. The Morgan fingerprint density at radius 2 is 2.00 bits per heavy atom. The van der Waals surface area contributed by atoms with Crippen LogP contribution in [0.3, 0.4) is 0 Å². The lowest BCUT2D eigenvalue weighted by Crippen LogP contribution is -2.38. The van der Waals surface area contributed by atoms with Gasteiger partial charge in [0.1, 0.15) is 0 Å². The Kier molecular flexibility index (Phi) is 2.99. The van der Waals surface area contributed by atoms with E-state index in [0.717, 1.165) is 6.42 Å². The Bertz CT molecular complexity index is 124. The molecule has 0 spiro atoms. The number of guanidine groups is 1. The fraction of sp³-hybridized carbons (Fsp3) is 0.833. The smallest absolute Gasteiger partial charge is 0.208 e. The Hall–Kier alpha value is -0.930. The van der Waals surface area contributed by atoms with E-state index in [1.165, 1.54) is 0 Å². The number of hydrazone groups is 1. The van der Waals surface area contributed by atoms with Gasteiger partial charge in [-0.15, -0.1) is 5.10 Å². The zero-order chi connectivity index (χ0) is 8.20. The summed E-state index contributed by atoms with van der Waals surface area (Å²) in [5.74, 6) is 0.0709. The van der Waals surface area contributed by atoms with Gasteiger partial charge in [0, 0.05) is 5.54 Å². The highest BCUT2D eigenvalue weighted by Crippen LogP contribution is 2.05. The Labute approximate surface area is 61.7 Å².